The van der Waals surface area contributed by atoms with Gasteiger partial charge in [0.1, 0.15) is 12.5 Å². The molecule has 0 aromatic heterocycles. The van der Waals surface area contributed by atoms with Crippen LogP contribution in [0.5, 0.6) is 0 Å². The Morgan fingerprint density at radius 1 is 1.32 bits per heavy atom. The van der Waals surface area contributed by atoms with Crippen molar-refractivity contribution in [1.82, 2.24) is 0 Å². The highest BCUT2D eigenvalue weighted by Gasteiger charge is 2.39. The molecular weight excluding hydrogens is 334 g/mol. The smallest absolute Gasteiger partial charge is 0.315 e. The fourth-order valence-corrected chi connectivity index (χ4v) is 3.45. The molecule has 0 amide bonds. The molecule has 0 saturated heterocycles. The standard InChI is InChI=1S/C19H23N3O2S/c1-4-16-18(15-9-7-6-8-14(15)12-20)17(13(3)21-22-16)19(23)24-10-11-25-5-2/h6-9,17-18H,4-5,10-11H2,1-3H3. The van der Waals surface area contributed by atoms with Crippen LogP contribution in [0.25, 0.3) is 0 Å². The zero-order valence-electron chi connectivity index (χ0n) is 14.9. The van der Waals surface area contributed by atoms with Crippen molar-refractivity contribution in [3.05, 3.63) is 35.4 Å². The molecule has 2 rings (SSSR count). The van der Waals surface area contributed by atoms with Crippen LogP contribution in [0.4, 0.5) is 0 Å². The van der Waals surface area contributed by atoms with E-state index in [1.165, 1.54) is 0 Å². The molecule has 2 unspecified atom stereocenters. The summed E-state index contributed by atoms with van der Waals surface area (Å²) in [4.78, 5) is 12.8. The SMILES string of the molecule is CCSCCOC(=O)C1C(C)=NN=C(CC)C1c1ccccc1C#N. The highest BCUT2D eigenvalue weighted by Crippen LogP contribution is 2.34. The van der Waals surface area contributed by atoms with Crippen LogP contribution in [0, 0.1) is 17.2 Å². The van der Waals surface area contributed by atoms with E-state index >= 15 is 0 Å². The molecule has 0 aliphatic carbocycles. The van der Waals surface area contributed by atoms with E-state index in [1.807, 2.05) is 25.1 Å². The molecule has 6 heteroatoms. The Balaban J connectivity index is 2.34. The second kappa shape index (κ2) is 9.38. The average Bonchev–Trinajstić information content (AvgIpc) is 2.64. The summed E-state index contributed by atoms with van der Waals surface area (Å²) in [6.07, 6.45) is 0.663. The van der Waals surface area contributed by atoms with E-state index < -0.39 is 5.92 Å². The number of carbonyl (C=O) groups excluding carboxylic acids is 1. The lowest BCUT2D eigenvalue weighted by Gasteiger charge is -2.29. The maximum Gasteiger partial charge on any atom is 0.315 e. The number of thioether (sulfide) groups is 1. The highest BCUT2D eigenvalue weighted by molar-refractivity contribution is 7.99. The van der Waals surface area contributed by atoms with Gasteiger partial charge in [-0.15, -0.1) is 0 Å². The Kier molecular flexibility index (Phi) is 7.20. The molecule has 0 bridgehead atoms. The molecule has 0 saturated carbocycles. The van der Waals surface area contributed by atoms with Gasteiger partial charge in [0.2, 0.25) is 0 Å². The number of benzene rings is 1. The van der Waals surface area contributed by atoms with Gasteiger partial charge in [0.25, 0.3) is 0 Å². The number of hydrogen-bond acceptors (Lipinski definition) is 6. The van der Waals surface area contributed by atoms with Crippen LogP contribution in [-0.2, 0) is 9.53 Å². The third-order valence-electron chi connectivity index (χ3n) is 4.19. The second-order valence-electron chi connectivity index (χ2n) is 5.71. The molecule has 0 N–H and O–H groups in total. The lowest BCUT2D eigenvalue weighted by molar-refractivity contribution is -0.145. The van der Waals surface area contributed by atoms with Crippen LogP contribution in [0.15, 0.2) is 34.5 Å². The first-order valence-corrected chi connectivity index (χ1v) is 9.63. The average molecular weight is 357 g/mol. The van der Waals surface area contributed by atoms with E-state index in [0.717, 1.165) is 22.8 Å². The first-order valence-electron chi connectivity index (χ1n) is 8.48. The van der Waals surface area contributed by atoms with Gasteiger partial charge >= 0.3 is 5.97 Å². The monoisotopic (exact) mass is 357 g/mol. The minimum atomic E-state index is -0.534. The van der Waals surface area contributed by atoms with Gasteiger partial charge in [-0.1, -0.05) is 32.0 Å². The number of esters is 1. The minimum absolute atomic E-state index is 0.295. The summed E-state index contributed by atoms with van der Waals surface area (Å²) < 4.78 is 5.49. The zero-order chi connectivity index (χ0) is 18.2. The number of nitriles is 1. The van der Waals surface area contributed by atoms with Crippen molar-refractivity contribution in [3.8, 4) is 6.07 Å². The van der Waals surface area contributed by atoms with E-state index in [1.54, 1.807) is 24.8 Å². The molecule has 2 atom stereocenters. The quantitative estimate of drug-likeness (QED) is 0.549. The first-order chi connectivity index (χ1) is 12.1. The number of carbonyl (C=O) groups is 1. The van der Waals surface area contributed by atoms with Crippen LogP contribution >= 0.6 is 11.8 Å². The predicted octanol–water partition coefficient (Wildman–Crippen LogP) is 3.79. The number of ether oxygens (including phenoxy) is 1. The Morgan fingerprint density at radius 2 is 2.08 bits per heavy atom. The van der Waals surface area contributed by atoms with Crippen LogP contribution in [-0.4, -0.2) is 35.5 Å². The van der Waals surface area contributed by atoms with E-state index in [9.17, 15) is 10.1 Å². The third-order valence-corrected chi connectivity index (χ3v) is 5.05. The summed E-state index contributed by atoms with van der Waals surface area (Å²) in [6.45, 7) is 6.23. The lowest BCUT2D eigenvalue weighted by Crippen LogP contribution is -2.37. The number of rotatable bonds is 7. The Hall–Kier alpha value is -2.13. The van der Waals surface area contributed by atoms with Gasteiger partial charge in [0.05, 0.1) is 17.3 Å². The summed E-state index contributed by atoms with van der Waals surface area (Å²) in [5.41, 5.74) is 2.80. The maximum atomic E-state index is 12.8. The predicted molar refractivity (Wildman–Crippen MR) is 102 cm³/mol. The lowest BCUT2D eigenvalue weighted by atomic mass is 9.77. The van der Waals surface area contributed by atoms with E-state index in [-0.39, 0.29) is 11.9 Å². The van der Waals surface area contributed by atoms with Crippen LogP contribution in [0.2, 0.25) is 0 Å². The summed E-state index contributed by atoms with van der Waals surface area (Å²) in [5, 5.41) is 17.9. The Morgan fingerprint density at radius 3 is 2.76 bits per heavy atom. The molecular formula is C19H23N3O2S. The van der Waals surface area contributed by atoms with Crippen molar-refractivity contribution in [2.24, 2.45) is 16.1 Å². The van der Waals surface area contributed by atoms with Crippen LogP contribution in [0.1, 0.15) is 44.2 Å². The second-order valence-corrected chi connectivity index (χ2v) is 7.10. The van der Waals surface area contributed by atoms with Gasteiger partial charge in [-0.25, -0.2) is 0 Å². The molecule has 1 aromatic carbocycles. The van der Waals surface area contributed by atoms with Gasteiger partial charge in [-0.05, 0) is 30.7 Å². The van der Waals surface area contributed by atoms with E-state index in [4.69, 9.17) is 4.74 Å². The first kappa shape index (κ1) is 19.2. The number of hydrogen-bond donors (Lipinski definition) is 0. The molecule has 0 fully saturated rings. The molecule has 0 spiro atoms. The maximum absolute atomic E-state index is 12.8. The van der Waals surface area contributed by atoms with Crippen molar-refractivity contribution in [1.29, 1.82) is 5.26 Å². The molecule has 1 aromatic rings. The normalized spacial score (nSPS) is 19.6. The molecule has 0 radical (unpaired) electrons. The zero-order valence-corrected chi connectivity index (χ0v) is 15.7. The van der Waals surface area contributed by atoms with Crippen molar-refractivity contribution >= 4 is 29.2 Å². The fourth-order valence-electron chi connectivity index (χ4n) is 2.96. The van der Waals surface area contributed by atoms with Gasteiger partial charge in [0, 0.05) is 17.4 Å². The largest absolute Gasteiger partial charge is 0.464 e. The molecule has 1 aliphatic rings. The topological polar surface area (TPSA) is 74.8 Å². The molecule has 132 valence electrons. The molecule has 5 nitrogen and oxygen atoms in total. The number of nitrogens with zero attached hydrogens (tertiary/aromatic N) is 3. The fraction of sp³-hybridized carbons (Fsp3) is 0.474. The van der Waals surface area contributed by atoms with Crippen molar-refractivity contribution in [2.75, 3.05) is 18.1 Å². The highest BCUT2D eigenvalue weighted by atomic mass is 32.2. The van der Waals surface area contributed by atoms with E-state index in [2.05, 4.69) is 23.2 Å². The van der Waals surface area contributed by atoms with Gasteiger partial charge < -0.3 is 4.74 Å². The van der Waals surface area contributed by atoms with Crippen molar-refractivity contribution < 1.29 is 9.53 Å². The van der Waals surface area contributed by atoms with Gasteiger partial charge in [-0.2, -0.15) is 27.2 Å². The molecule has 25 heavy (non-hydrogen) atoms. The Bertz CT molecular complexity index is 722. The summed E-state index contributed by atoms with van der Waals surface area (Å²) >= 11 is 1.73. The Labute approximate surface area is 153 Å². The summed E-state index contributed by atoms with van der Waals surface area (Å²) in [5.74, 6) is 0.640. The van der Waals surface area contributed by atoms with Gasteiger partial charge in [0.15, 0.2) is 0 Å². The van der Waals surface area contributed by atoms with Crippen molar-refractivity contribution in [2.45, 2.75) is 33.1 Å². The van der Waals surface area contributed by atoms with Crippen molar-refractivity contribution in [3.63, 3.8) is 0 Å². The minimum Gasteiger partial charge on any atom is -0.464 e. The van der Waals surface area contributed by atoms with Gasteiger partial charge in [-0.3, -0.25) is 4.79 Å². The summed E-state index contributed by atoms with van der Waals surface area (Å²) in [7, 11) is 0. The molecule has 1 heterocycles. The van der Waals surface area contributed by atoms with Crippen LogP contribution < -0.4 is 0 Å². The van der Waals surface area contributed by atoms with E-state index in [0.29, 0.717) is 24.3 Å². The summed E-state index contributed by atoms with van der Waals surface area (Å²) in [6, 6.07) is 9.58. The molecule has 1 aliphatic heterocycles. The van der Waals surface area contributed by atoms with Crippen LogP contribution in [0.3, 0.4) is 0 Å². The third kappa shape index (κ3) is 4.49.